The van der Waals surface area contributed by atoms with Crippen LogP contribution >= 0.6 is 0 Å². The smallest absolute Gasteiger partial charge is 0.0754 e. The van der Waals surface area contributed by atoms with E-state index in [4.69, 9.17) is 0 Å². The number of rotatable bonds is 2. The predicted octanol–water partition coefficient (Wildman–Crippen LogP) is 3.36. The topological polar surface area (TPSA) is 6.48 Å². The molecule has 0 heterocycles. The zero-order valence-electron chi connectivity index (χ0n) is 12.0. The van der Waals surface area contributed by atoms with Crippen molar-refractivity contribution in [3.05, 3.63) is 53.2 Å². The van der Waals surface area contributed by atoms with Crippen molar-refractivity contribution >= 4 is 16.8 Å². The molecule has 0 fully saturated rings. The highest BCUT2D eigenvalue weighted by Gasteiger charge is 2.26. The summed E-state index contributed by atoms with van der Waals surface area (Å²) in [6, 6.07) is 13.5. The minimum absolute atomic E-state index is 0.327. The molecule has 0 aromatic heterocycles. The van der Waals surface area contributed by atoms with Crippen LogP contribution < -0.4 is 0 Å². The zero-order chi connectivity index (χ0) is 13.6. The van der Waals surface area contributed by atoms with Crippen molar-refractivity contribution in [3.8, 4) is 0 Å². The summed E-state index contributed by atoms with van der Waals surface area (Å²) in [6.45, 7) is 0. The van der Waals surface area contributed by atoms with Crippen LogP contribution in [0.25, 0.3) is 16.8 Å². The number of likely N-dealkylation sites (N-methyl/N-ethyl adjacent to an activating group) is 2. The minimum atomic E-state index is 0.327. The molecule has 2 nitrogen and oxygen atoms in total. The first kappa shape index (κ1) is 12.2. The van der Waals surface area contributed by atoms with Crippen molar-refractivity contribution in [3.63, 3.8) is 0 Å². The van der Waals surface area contributed by atoms with Crippen LogP contribution in [0.2, 0.25) is 0 Å². The van der Waals surface area contributed by atoms with Crippen molar-refractivity contribution in [2.45, 2.75) is 6.04 Å². The van der Waals surface area contributed by atoms with Crippen molar-refractivity contribution in [2.75, 3.05) is 28.2 Å². The van der Waals surface area contributed by atoms with Crippen LogP contribution in [0, 0.1) is 0 Å². The molecule has 0 amide bonds. The van der Waals surface area contributed by atoms with Crippen molar-refractivity contribution in [1.29, 1.82) is 0 Å². The average Bonchev–Trinajstić information content (AvgIpc) is 2.38. The van der Waals surface area contributed by atoms with E-state index in [2.05, 4.69) is 80.5 Å². The molecule has 0 spiro atoms. The second-order valence-electron chi connectivity index (χ2n) is 5.62. The average molecular weight is 252 g/mol. The lowest BCUT2D eigenvalue weighted by molar-refractivity contribution is 0.290. The summed E-state index contributed by atoms with van der Waals surface area (Å²) in [4.78, 5) is 4.51. The molecule has 19 heavy (non-hydrogen) atoms. The van der Waals surface area contributed by atoms with Gasteiger partial charge in [-0.15, -0.1) is 0 Å². The number of hydrogen-bond donors (Lipinski definition) is 0. The molecule has 0 bridgehead atoms. The van der Waals surface area contributed by atoms with Gasteiger partial charge in [-0.05, 0) is 42.1 Å². The summed E-state index contributed by atoms with van der Waals surface area (Å²) in [5.41, 5.74) is 4.08. The maximum atomic E-state index is 2.32. The van der Waals surface area contributed by atoms with E-state index in [-0.39, 0.29) is 0 Å². The van der Waals surface area contributed by atoms with E-state index >= 15 is 0 Å². The van der Waals surface area contributed by atoms with Gasteiger partial charge in [0.2, 0.25) is 0 Å². The third-order valence-corrected chi connectivity index (χ3v) is 3.88. The van der Waals surface area contributed by atoms with E-state index in [1.54, 1.807) is 0 Å². The Kier molecular flexibility index (Phi) is 2.83. The summed E-state index contributed by atoms with van der Waals surface area (Å²) in [5.74, 6) is 0. The van der Waals surface area contributed by atoms with E-state index in [9.17, 15) is 0 Å². The fourth-order valence-corrected chi connectivity index (χ4v) is 3.06. The van der Waals surface area contributed by atoms with E-state index in [1.165, 1.54) is 27.6 Å². The Morgan fingerprint density at radius 2 is 1.58 bits per heavy atom. The van der Waals surface area contributed by atoms with Crippen LogP contribution in [-0.4, -0.2) is 38.0 Å². The van der Waals surface area contributed by atoms with Crippen molar-refractivity contribution in [2.24, 2.45) is 0 Å². The van der Waals surface area contributed by atoms with Crippen LogP contribution in [0.4, 0.5) is 0 Å². The Morgan fingerprint density at radius 3 is 2.21 bits per heavy atom. The standard InChI is InChI=1S/C17H20N2/c1-18(2)15-11-13-9-5-7-12-8-6-10-14(16(12)13)17(15)19(3)4/h5-11,17H,1-4H3. The quantitative estimate of drug-likeness (QED) is 0.808. The maximum Gasteiger partial charge on any atom is 0.0754 e. The lowest BCUT2D eigenvalue weighted by atomic mass is 9.87. The predicted molar refractivity (Wildman–Crippen MR) is 82.0 cm³/mol. The van der Waals surface area contributed by atoms with Crippen LogP contribution in [-0.2, 0) is 0 Å². The molecule has 0 radical (unpaired) electrons. The molecular weight excluding hydrogens is 232 g/mol. The molecule has 3 rings (SSSR count). The fraction of sp³-hybridized carbons (Fsp3) is 0.294. The van der Waals surface area contributed by atoms with Crippen LogP contribution in [0.5, 0.6) is 0 Å². The van der Waals surface area contributed by atoms with E-state index in [0.29, 0.717) is 6.04 Å². The minimum Gasteiger partial charge on any atom is -0.379 e. The first-order valence-corrected chi connectivity index (χ1v) is 6.66. The van der Waals surface area contributed by atoms with Gasteiger partial charge in [0.05, 0.1) is 6.04 Å². The molecule has 2 heteroatoms. The fourth-order valence-electron chi connectivity index (χ4n) is 3.06. The molecule has 0 saturated carbocycles. The van der Waals surface area contributed by atoms with Gasteiger partial charge in [0, 0.05) is 19.8 Å². The Balaban J connectivity index is 2.35. The third kappa shape index (κ3) is 1.83. The molecule has 0 N–H and O–H groups in total. The monoisotopic (exact) mass is 252 g/mol. The lowest BCUT2D eigenvalue weighted by Gasteiger charge is -2.35. The second-order valence-corrected chi connectivity index (χ2v) is 5.62. The molecule has 2 aromatic rings. The first-order chi connectivity index (χ1) is 9.09. The van der Waals surface area contributed by atoms with E-state index in [0.717, 1.165) is 0 Å². The third-order valence-electron chi connectivity index (χ3n) is 3.88. The van der Waals surface area contributed by atoms with Gasteiger partial charge in [-0.25, -0.2) is 0 Å². The van der Waals surface area contributed by atoms with Crippen LogP contribution in [0.15, 0.2) is 42.1 Å². The largest absolute Gasteiger partial charge is 0.379 e. The SMILES string of the molecule is CN(C)C1=Cc2cccc3cccc(c23)C1N(C)C. The molecule has 1 aliphatic carbocycles. The van der Waals surface area contributed by atoms with Gasteiger partial charge in [-0.3, -0.25) is 4.90 Å². The van der Waals surface area contributed by atoms with Gasteiger partial charge >= 0.3 is 0 Å². The summed E-state index contributed by atoms with van der Waals surface area (Å²) >= 11 is 0. The highest BCUT2D eigenvalue weighted by molar-refractivity contribution is 5.96. The van der Waals surface area contributed by atoms with Gasteiger partial charge < -0.3 is 4.90 Å². The molecule has 1 aliphatic rings. The highest BCUT2D eigenvalue weighted by atomic mass is 15.2. The lowest BCUT2D eigenvalue weighted by Crippen LogP contribution is -2.30. The number of benzene rings is 2. The Morgan fingerprint density at radius 1 is 0.895 bits per heavy atom. The van der Waals surface area contributed by atoms with Crippen molar-refractivity contribution < 1.29 is 0 Å². The van der Waals surface area contributed by atoms with Gasteiger partial charge in [-0.2, -0.15) is 0 Å². The van der Waals surface area contributed by atoms with Gasteiger partial charge in [0.1, 0.15) is 0 Å². The van der Waals surface area contributed by atoms with Crippen molar-refractivity contribution in [1.82, 2.24) is 9.80 Å². The maximum absolute atomic E-state index is 2.32. The first-order valence-electron chi connectivity index (χ1n) is 6.66. The van der Waals surface area contributed by atoms with E-state index < -0.39 is 0 Å². The Bertz CT molecular complexity index is 648. The summed E-state index contributed by atoms with van der Waals surface area (Å²) in [5, 5.41) is 2.73. The van der Waals surface area contributed by atoms with E-state index in [1.807, 2.05) is 0 Å². The summed E-state index contributed by atoms with van der Waals surface area (Å²) in [7, 11) is 8.54. The van der Waals surface area contributed by atoms with Crippen LogP contribution in [0.3, 0.4) is 0 Å². The normalized spacial score (nSPS) is 17.7. The Labute approximate surface area is 114 Å². The summed E-state index contributed by atoms with van der Waals surface area (Å²) < 4.78 is 0. The van der Waals surface area contributed by atoms with Crippen LogP contribution in [0.1, 0.15) is 17.2 Å². The van der Waals surface area contributed by atoms with Gasteiger partial charge in [0.25, 0.3) is 0 Å². The number of nitrogens with zero attached hydrogens (tertiary/aromatic N) is 2. The molecular formula is C17H20N2. The molecule has 98 valence electrons. The summed E-state index contributed by atoms with van der Waals surface area (Å²) in [6.07, 6.45) is 2.32. The molecule has 1 unspecified atom stereocenters. The van der Waals surface area contributed by atoms with Gasteiger partial charge in [-0.1, -0.05) is 36.4 Å². The Hall–Kier alpha value is -1.80. The zero-order valence-corrected chi connectivity index (χ0v) is 12.0. The molecule has 0 aliphatic heterocycles. The molecule has 0 saturated heterocycles. The number of hydrogen-bond acceptors (Lipinski definition) is 2. The van der Waals surface area contributed by atoms with Gasteiger partial charge in [0.15, 0.2) is 0 Å². The molecule has 1 atom stereocenters. The molecule has 2 aromatic carbocycles. The second kappa shape index (κ2) is 4.39. The highest BCUT2D eigenvalue weighted by Crippen LogP contribution is 2.40.